The fraction of sp³-hybridized carbons (Fsp3) is 0.750. The maximum Gasteiger partial charge on any atom is 0.140 e. The van der Waals surface area contributed by atoms with Crippen LogP contribution in [0.3, 0.4) is 0 Å². The first-order valence-corrected chi connectivity index (χ1v) is 5.75. The second-order valence-corrected chi connectivity index (χ2v) is 3.69. The largest absolute Gasteiger partial charge is 0.361 e. The molecule has 0 unspecified atom stereocenters. The third kappa shape index (κ3) is 1.99. The molecule has 14 heavy (non-hydrogen) atoms. The van der Waals surface area contributed by atoms with Crippen LogP contribution in [-0.4, -0.2) is 5.16 Å². The molecule has 2 nitrogen and oxygen atoms in total. The van der Waals surface area contributed by atoms with Crippen LogP contribution in [-0.2, 0) is 12.8 Å². The molecule has 0 aliphatic rings. The van der Waals surface area contributed by atoms with Gasteiger partial charge in [-0.2, -0.15) is 0 Å². The van der Waals surface area contributed by atoms with Gasteiger partial charge in [0.05, 0.1) is 5.69 Å². The molecule has 2 heteroatoms. The monoisotopic (exact) mass is 195 g/mol. The Labute approximate surface area is 86.7 Å². The van der Waals surface area contributed by atoms with Gasteiger partial charge in [0.15, 0.2) is 0 Å². The smallest absolute Gasteiger partial charge is 0.140 e. The van der Waals surface area contributed by atoms with Crippen LogP contribution in [0.1, 0.15) is 63.5 Å². The van der Waals surface area contributed by atoms with Gasteiger partial charge in [-0.15, -0.1) is 0 Å². The van der Waals surface area contributed by atoms with E-state index >= 15 is 0 Å². The maximum atomic E-state index is 5.37. The summed E-state index contributed by atoms with van der Waals surface area (Å²) in [5, 5.41) is 4.15. The molecule has 0 atom stereocenters. The first-order valence-electron chi connectivity index (χ1n) is 5.75. The Morgan fingerprint density at radius 1 is 1.07 bits per heavy atom. The van der Waals surface area contributed by atoms with Crippen LogP contribution in [0.4, 0.5) is 0 Å². The predicted molar refractivity (Wildman–Crippen MR) is 58.6 cm³/mol. The van der Waals surface area contributed by atoms with Crippen molar-refractivity contribution in [3.05, 3.63) is 17.0 Å². The lowest BCUT2D eigenvalue weighted by molar-refractivity contribution is 0.378. The van der Waals surface area contributed by atoms with Gasteiger partial charge in [-0.3, -0.25) is 0 Å². The number of hydrogen-bond donors (Lipinski definition) is 0. The standard InChI is InChI=1S/C12H21NO/c1-5-9(6-2)12-10(7-3)13-14-11(12)8-4/h9H,5-8H2,1-4H3. The highest BCUT2D eigenvalue weighted by Gasteiger charge is 2.19. The highest BCUT2D eigenvalue weighted by Crippen LogP contribution is 2.30. The van der Waals surface area contributed by atoms with Gasteiger partial charge in [0.25, 0.3) is 0 Å². The summed E-state index contributed by atoms with van der Waals surface area (Å²) in [7, 11) is 0. The molecule has 1 rings (SSSR count). The minimum Gasteiger partial charge on any atom is -0.361 e. The molecule has 0 aliphatic carbocycles. The van der Waals surface area contributed by atoms with Crippen LogP contribution in [0.15, 0.2) is 4.52 Å². The number of aromatic nitrogens is 1. The van der Waals surface area contributed by atoms with Crippen LogP contribution in [0.25, 0.3) is 0 Å². The molecule has 1 aromatic rings. The van der Waals surface area contributed by atoms with E-state index in [2.05, 4.69) is 32.9 Å². The number of hydrogen-bond acceptors (Lipinski definition) is 2. The van der Waals surface area contributed by atoms with Crippen molar-refractivity contribution < 1.29 is 4.52 Å². The summed E-state index contributed by atoms with van der Waals surface area (Å²) in [4.78, 5) is 0. The van der Waals surface area contributed by atoms with E-state index in [1.807, 2.05) is 0 Å². The van der Waals surface area contributed by atoms with Crippen molar-refractivity contribution in [2.45, 2.75) is 59.3 Å². The van der Waals surface area contributed by atoms with Gasteiger partial charge < -0.3 is 4.52 Å². The van der Waals surface area contributed by atoms with Crippen LogP contribution in [0.5, 0.6) is 0 Å². The first-order chi connectivity index (χ1) is 6.78. The second-order valence-electron chi connectivity index (χ2n) is 3.69. The summed E-state index contributed by atoms with van der Waals surface area (Å²) in [5.74, 6) is 1.72. The topological polar surface area (TPSA) is 26.0 Å². The summed E-state index contributed by atoms with van der Waals surface area (Å²) in [6.45, 7) is 8.75. The zero-order valence-electron chi connectivity index (χ0n) is 9.76. The Bertz CT molecular complexity index is 252. The molecule has 80 valence electrons. The van der Waals surface area contributed by atoms with Gasteiger partial charge in [-0.25, -0.2) is 0 Å². The van der Waals surface area contributed by atoms with Crippen LogP contribution in [0, 0.1) is 0 Å². The summed E-state index contributed by atoms with van der Waals surface area (Å²) < 4.78 is 5.37. The second kappa shape index (κ2) is 5.18. The van der Waals surface area contributed by atoms with Crippen molar-refractivity contribution in [1.29, 1.82) is 0 Å². The first kappa shape index (κ1) is 11.3. The summed E-state index contributed by atoms with van der Waals surface area (Å²) in [6, 6.07) is 0. The minimum absolute atomic E-state index is 0.631. The highest BCUT2D eigenvalue weighted by molar-refractivity contribution is 5.27. The molecule has 0 amide bonds. The van der Waals surface area contributed by atoms with E-state index in [-0.39, 0.29) is 0 Å². The van der Waals surface area contributed by atoms with Crippen LogP contribution in [0.2, 0.25) is 0 Å². The number of rotatable bonds is 5. The molecule has 0 fully saturated rings. The lowest BCUT2D eigenvalue weighted by Crippen LogP contribution is -2.01. The van der Waals surface area contributed by atoms with E-state index in [1.54, 1.807) is 0 Å². The quantitative estimate of drug-likeness (QED) is 0.716. The van der Waals surface area contributed by atoms with E-state index in [1.165, 1.54) is 18.4 Å². The molecule has 1 heterocycles. The Hall–Kier alpha value is -0.790. The van der Waals surface area contributed by atoms with E-state index in [0.29, 0.717) is 5.92 Å². The summed E-state index contributed by atoms with van der Waals surface area (Å²) in [5.41, 5.74) is 2.55. The predicted octanol–water partition coefficient (Wildman–Crippen LogP) is 3.70. The Kier molecular flexibility index (Phi) is 4.18. The Morgan fingerprint density at radius 2 is 1.71 bits per heavy atom. The molecule has 0 radical (unpaired) electrons. The van der Waals surface area contributed by atoms with Gasteiger partial charge >= 0.3 is 0 Å². The van der Waals surface area contributed by atoms with Gasteiger partial charge in [-0.1, -0.05) is 32.9 Å². The Balaban J connectivity index is 3.06. The van der Waals surface area contributed by atoms with Gasteiger partial charge in [-0.05, 0) is 25.2 Å². The van der Waals surface area contributed by atoms with E-state index < -0.39 is 0 Å². The van der Waals surface area contributed by atoms with E-state index in [0.717, 1.165) is 24.3 Å². The summed E-state index contributed by atoms with van der Waals surface area (Å²) >= 11 is 0. The Morgan fingerprint density at radius 3 is 2.14 bits per heavy atom. The zero-order valence-corrected chi connectivity index (χ0v) is 9.76. The molecule has 0 bridgehead atoms. The van der Waals surface area contributed by atoms with Gasteiger partial charge in [0.1, 0.15) is 5.76 Å². The maximum absolute atomic E-state index is 5.37. The molecule has 0 aliphatic heterocycles. The van der Waals surface area contributed by atoms with E-state index in [9.17, 15) is 0 Å². The van der Waals surface area contributed by atoms with Crippen molar-refractivity contribution in [2.75, 3.05) is 0 Å². The number of aryl methyl sites for hydroxylation is 2. The lowest BCUT2D eigenvalue weighted by Gasteiger charge is -2.12. The molecule has 0 aromatic carbocycles. The third-order valence-corrected chi connectivity index (χ3v) is 2.93. The van der Waals surface area contributed by atoms with Crippen LogP contribution < -0.4 is 0 Å². The van der Waals surface area contributed by atoms with Crippen molar-refractivity contribution in [3.63, 3.8) is 0 Å². The van der Waals surface area contributed by atoms with Crippen molar-refractivity contribution >= 4 is 0 Å². The van der Waals surface area contributed by atoms with E-state index in [4.69, 9.17) is 4.52 Å². The average molecular weight is 195 g/mol. The summed E-state index contributed by atoms with van der Waals surface area (Å²) in [6.07, 6.45) is 4.30. The highest BCUT2D eigenvalue weighted by atomic mass is 16.5. The fourth-order valence-corrected chi connectivity index (χ4v) is 2.04. The molecule has 0 saturated heterocycles. The van der Waals surface area contributed by atoms with Crippen molar-refractivity contribution in [1.82, 2.24) is 5.16 Å². The molecule has 0 N–H and O–H groups in total. The molecule has 1 aromatic heterocycles. The average Bonchev–Trinajstić information content (AvgIpc) is 2.63. The molecular formula is C12H21NO. The van der Waals surface area contributed by atoms with Crippen LogP contribution >= 0.6 is 0 Å². The van der Waals surface area contributed by atoms with Gasteiger partial charge in [0, 0.05) is 12.0 Å². The van der Waals surface area contributed by atoms with Gasteiger partial charge in [0.2, 0.25) is 0 Å². The lowest BCUT2D eigenvalue weighted by atomic mass is 9.91. The molecular weight excluding hydrogens is 174 g/mol. The normalized spacial score (nSPS) is 11.2. The molecule has 0 spiro atoms. The fourth-order valence-electron chi connectivity index (χ4n) is 2.04. The van der Waals surface area contributed by atoms with Crippen molar-refractivity contribution in [2.24, 2.45) is 0 Å². The minimum atomic E-state index is 0.631. The zero-order chi connectivity index (χ0) is 10.6. The van der Waals surface area contributed by atoms with Crippen molar-refractivity contribution in [3.8, 4) is 0 Å². The SMILES string of the molecule is CCc1noc(CC)c1C(CC)CC. The molecule has 0 saturated carbocycles. The third-order valence-electron chi connectivity index (χ3n) is 2.93. The number of nitrogens with zero attached hydrogens (tertiary/aromatic N) is 1.